The molecule has 2 aromatic carbocycles. The van der Waals surface area contributed by atoms with Gasteiger partial charge in [0.15, 0.2) is 11.5 Å². The lowest BCUT2D eigenvalue weighted by atomic mass is 10.0. The van der Waals surface area contributed by atoms with E-state index in [9.17, 15) is 19.2 Å². The number of amidine groups is 1. The summed E-state index contributed by atoms with van der Waals surface area (Å²) in [6.45, 7) is 10.4. The fraction of sp³-hybridized carbons (Fsp3) is 0.524. The summed E-state index contributed by atoms with van der Waals surface area (Å²) >= 11 is 0. The number of amides is 4. The van der Waals surface area contributed by atoms with Crippen molar-refractivity contribution in [3.63, 3.8) is 0 Å². The lowest BCUT2D eigenvalue weighted by Gasteiger charge is -2.37. The lowest BCUT2D eigenvalue weighted by molar-refractivity contribution is -0.135. The first-order valence-corrected chi connectivity index (χ1v) is 20.5. The molecular formula is C42H53N9O8. The first-order chi connectivity index (χ1) is 28.4. The maximum absolute atomic E-state index is 13.7. The van der Waals surface area contributed by atoms with E-state index in [1.165, 1.54) is 14.2 Å². The van der Waals surface area contributed by atoms with Crippen LogP contribution in [0.5, 0.6) is 17.2 Å². The number of alkyl carbamates (subject to hydrolysis) is 2. The molecule has 2 fully saturated rings. The zero-order chi connectivity index (χ0) is 41.5. The summed E-state index contributed by atoms with van der Waals surface area (Å²) in [5, 5.41) is 9.04. The number of fused-ring (bicyclic) bond motifs is 2. The number of aromatic nitrogens is 2. The second-order valence-electron chi connectivity index (χ2n) is 16.3. The highest BCUT2D eigenvalue weighted by Crippen LogP contribution is 2.54. The number of ether oxygens (including phenoxy) is 4. The maximum atomic E-state index is 13.7. The normalized spacial score (nSPS) is 21.5. The molecule has 1 unspecified atom stereocenters. The topological polar surface area (TPSA) is 192 Å². The minimum absolute atomic E-state index is 0.0905. The van der Waals surface area contributed by atoms with Crippen LogP contribution in [0.1, 0.15) is 76.8 Å². The molecule has 1 aromatic heterocycles. The molecule has 0 radical (unpaired) electrons. The summed E-state index contributed by atoms with van der Waals surface area (Å²) < 4.78 is 22.4. The van der Waals surface area contributed by atoms with Gasteiger partial charge in [-0.25, -0.2) is 14.6 Å². The van der Waals surface area contributed by atoms with Gasteiger partial charge in [0, 0.05) is 18.7 Å². The van der Waals surface area contributed by atoms with Gasteiger partial charge >= 0.3 is 12.2 Å². The molecule has 4 N–H and O–H groups in total. The molecule has 59 heavy (non-hydrogen) atoms. The number of benzene rings is 2. The van der Waals surface area contributed by atoms with Crippen LogP contribution in [0.3, 0.4) is 0 Å². The summed E-state index contributed by atoms with van der Waals surface area (Å²) in [6, 6.07) is 8.20. The van der Waals surface area contributed by atoms with Crippen molar-refractivity contribution < 1.29 is 38.1 Å². The first-order valence-electron chi connectivity index (χ1n) is 20.5. The van der Waals surface area contributed by atoms with Crippen LogP contribution in [-0.4, -0.2) is 115 Å². The Morgan fingerprint density at radius 3 is 2.14 bits per heavy atom. The van der Waals surface area contributed by atoms with Crippen molar-refractivity contribution in [3.05, 3.63) is 47.9 Å². The number of aromatic amines is 1. The fourth-order valence-corrected chi connectivity index (χ4v) is 8.85. The smallest absolute Gasteiger partial charge is 0.407 e. The molecule has 0 aliphatic carbocycles. The van der Waals surface area contributed by atoms with Crippen LogP contribution in [0.4, 0.5) is 21.0 Å². The van der Waals surface area contributed by atoms with Crippen LogP contribution >= 0.6 is 0 Å². The third-order valence-electron chi connectivity index (χ3n) is 11.9. The molecule has 5 atom stereocenters. The van der Waals surface area contributed by atoms with E-state index >= 15 is 0 Å². The molecule has 8 rings (SSSR count). The van der Waals surface area contributed by atoms with Gasteiger partial charge in [0.2, 0.25) is 11.8 Å². The molecule has 5 aliphatic rings. The molecular weight excluding hydrogens is 759 g/mol. The largest absolute Gasteiger partial charge is 0.489 e. The Kier molecular flexibility index (Phi) is 11.0. The molecule has 0 spiro atoms. The Morgan fingerprint density at radius 1 is 0.831 bits per heavy atom. The fourth-order valence-electron chi connectivity index (χ4n) is 8.85. The van der Waals surface area contributed by atoms with Gasteiger partial charge in [-0.1, -0.05) is 33.8 Å². The van der Waals surface area contributed by atoms with Crippen molar-refractivity contribution in [2.45, 2.75) is 83.6 Å². The van der Waals surface area contributed by atoms with Crippen molar-refractivity contribution in [2.75, 3.05) is 51.9 Å². The average molecular weight is 812 g/mol. The van der Waals surface area contributed by atoms with E-state index in [0.717, 1.165) is 65.5 Å². The molecule has 314 valence electrons. The number of likely N-dealkylation sites (tertiary alicyclic amines) is 2. The zero-order valence-electron chi connectivity index (χ0n) is 34.4. The van der Waals surface area contributed by atoms with E-state index in [1.807, 2.05) is 50.8 Å². The molecule has 17 heteroatoms. The van der Waals surface area contributed by atoms with Crippen molar-refractivity contribution in [1.29, 1.82) is 0 Å². The predicted octanol–water partition coefficient (Wildman–Crippen LogP) is 5.17. The Morgan fingerprint density at radius 2 is 1.47 bits per heavy atom. The number of aliphatic imine (C=N–C) groups is 1. The number of hydrogen-bond donors (Lipinski definition) is 4. The van der Waals surface area contributed by atoms with Crippen LogP contribution in [-0.2, 0) is 19.1 Å². The number of nitrogens with one attached hydrogen (secondary N) is 4. The molecule has 4 amide bonds. The maximum Gasteiger partial charge on any atom is 0.407 e. The van der Waals surface area contributed by atoms with Gasteiger partial charge in [0.1, 0.15) is 41.8 Å². The van der Waals surface area contributed by atoms with Crippen molar-refractivity contribution in [3.8, 4) is 28.5 Å². The molecule has 6 heterocycles. The first kappa shape index (κ1) is 39.8. The second-order valence-corrected chi connectivity index (χ2v) is 16.3. The highest BCUT2D eigenvalue weighted by Gasteiger charge is 2.41. The third kappa shape index (κ3) is 7.58. The third-order valence-corrected chi connectivity index (χ3v) is 11.9. The van der Waals surface area contributed by atoms with Gasteiger partial charge in [0.05, 0.1) is 63.0 Å². The van der Waals surface area contributed by atoms with E-state index in [4.69, 9.17) is 28.9 Å². The highest BCUT2D eigenvalue weighted by atomic mass is 16.5. The van der Waals surface area contributed by atoms with E-state index in [2.05, 4.69) is 38.0 Å². The predicted molar refractivity (Wildman–Crippen MR) is 218 cm³/mol. The highest BCUT2D eigenvalue weighted by molar-refractivity contribution is 5.95. The monoisotopic (exact) mass is 811 g/mol. The molecule has 3 aromatic rings. The number of imidazole rings is 1. The van der Waals surface area contributed by atoms with Gasteiger partial charge in [-0.15, -0.1) is 0 Å². The van der Waals surface area contributed by atoms with Crippen molar-refractivity contribution >= 4 is 41.2 Å². The van der Waals surface area contributed by atoms with Crippen molar-refractivity contribution in [1.82, 2.24) is 35.7 Å². The lowest BCUT2D eigenvalue weighted by Crippen LogP contribution is -2.54. The van der Waals surface area contributed by atoms with Crippen molar-refractivity contribution in [2.24, 2.45) is 16.8 Å². The number of nitrogens with zero attached hydrogens (tertiary/aromatic N) is 5. The van der Waals surface area contributed by atoms with Crippen LogP contribution < -0.4 is 30.3 Å². The number of H-pyrrole nitrogens is 1. The summed E-state index contributed by atoms with van der Waals surface area (Å²) in [5.41, 5.74) is 4.44. The molecule has 0 bridgehead atoms. The Hall–Kier alpha value is -6.00. The number of carbonyl (C=O) groups is 4. The van der Waals surface area contributed by atoms with Gasteiger partial charge in [-0.2, -0.15) is 0 Å². The average Bonchev–Trinajstić information content (AvgIpc) is 4.08. The number of methoxy groups -OCH3 is 2. The van der Waals surface area contributed by atoms with E-state index in [-0.39, 0.29) is 41.8 Å². The van der Waals surface area contributed by atoms with Gasteiger partial charge in [-0.05, 0) is 67.3 Å². The minimum Gasteiger partial charge on any atom is -0.489 e. The Labute approximate surface area is 343 Å². The van der Waals surface area contributed by atoms with Crippen LogP contribution in [0.2, 0.25) is 0 Å². The second kappa shape index (κ2) is 16.3. The Balaban J connectivity index is 0.976. The summed E-state index contributed by atoms with van der Waals surface area (Å²) in [6.07, 6.45) is 3.70. The number of carbonyl (C=O) groups excluding carboxylic acids is 4. The van der Waals surface area contributed by atoms with Crippen LogP contribution in [0.25, 0.3) is 11.3 Å². The molecule has 17 nitrogen and oxygen atoms in total. The SMILES string of the molecule is COC(=O)N[C@H](C(=O)N1CCC[C@H]1C1=NCC(c2ccc3c(c2)N2CCOc4cc(-c5cnc([C@@H]6CCCN6C(=O)[C@@H](NC(=O)OC)C(C)C)[nH]5)cc(c42)O3)N1)C(C)C. The standard InChI is InChI=1S/C42H53N9O8/c1-22(2)34(47-41(54)56-5)39(52)50-13-7-9-28(50)37-43-20-26(45-37)24-11-12-31-30(17-24)49-15-16-58-32-18-25(19-33(59-31)36(32)49)27-21-44-38(46-27)29-10-8-14-51(29)40(53)35(23(3)4)48-42(55)57-6/h11-12,17-19,21-23,26,28-29,34-35H,7-10,13-16,20H2,1-6H3,(H,43,45)(H,44,46)(H,47,54)(H,48,55)/t26?,28-,29-,34-,35-/m0/s1. The molecule has 5 aliphatic heterocycles. The zero-order valence-corrected chi connectivity index (χ0v) is 34.4. The van der Waals surface area contributed by atoms with E-state index in [0.29, 0.717) is 50.1 Å². The summed E-state index contributed by atoms with van der Waals surface area (Å²) in [7, 11) is 2.58. The molecule has 0 saturated carbocycles. The number of hydrogen-bond acceptors (Lipinski definition) is 12. The van der Waals surface area contributed by atoms with E-state index < -0.39 is 24.3 Å². The van der Waals surface area contributed by atoms with Gasteiger partial charge in [0.25, 0.3) is 0 Å². The van der Waals surface area contributed by atoms with Crippen LogP contribution in [0, 0.1) is 11.8 Å². The number of rotatable bonds is 10. The van der Waals surface area contributed by atoms with Crippen LogP contribution in [0.15, 0.2) is 41.5 Å². The van der Waals surface area contributed by atoms with Gasteiger partial charge in [-0.3, -0.25) is 14.6 Å². The minimum atomic E-state index is -0.718. The Bertz CT molecular complexity index is 2150. The van der Waals surface area contributed by atoms with Gasteiger partial charge < -0.3 is 54.6 Å². The summed E-state index contributed by atoms with van der Waals surface area (Å²) in [5.74, 6) is 3.00. The number of anilines is 2. The molecule has 2 saturated heterocycles. The van der Waals surface area contributed by atoms with E-state index in [1.54, 1.807) is 11.1 Å². The quantitative estimate of drug-likeness (QED) is 0.211. The summed E-state index contributed by atoms with van der Waals surface area (Å²) in [4.78, 5) is 70.4.